The molecule has 216 valence electrons. The summed E-state index contributed by atoms with van der Waals surface area (Å²) in [5.41, 5.74) is 2.26. The smallest absolute Gasteiger partial charge is 0.850 e. The van der Waals surface area contributed by atoms with E-state index in [4.69, 9.17) is 10.1 Å². The number of benzene rings is 1. The molecule has 0 unspecified atom stereocenters. The maximum Gasteiger partial charge on any atom is 1.00 e. The number of thioether (sulfide) groups is 1. The first-order valence-electron chi connectivity index (χ1n) is 13.0. The van der Waals surface area contributed by atoms with Crippen molar-refractivity contribution in [1.29, 1.82) is 5.26 Å². The van der Waals surface area contributed by atoms with Crippen molar-refractivity contribution in [2.45, 2.75) is 82.2 Å². The first-order chi connectivity index (χ1) is 18.6. The van der Waals surface area contributed by atoms with Crippen molar-refractivity contribution < 1.29 is 79.6 Å². The molecule has 7 nitrogen and oxygen atoms in total. The molecule has 0 radical (unpaired) electrons. The number of rotatable bonds is 7. The predicted molar refractivity (Wildman–Crippen MR) is 148 cm³/mol. The third kappa shape index (κ3) is 10.3. The van der Waals surface area contributed by atoms with Crippen LogP contribution in [0.5, 0.6) is 0 Å². The zero-order valence-electron chi connectivity index (χ0n) is 24.3. The summed E-state index contributed by atoms with van der Waals surface area (Å²) >= 11 is 1.27. The molecule has 41 heavy (non-hydrogen) atoms. The molecule has 1 N–H and O–H groups in total. The van der Waals surface area contributed by atoms with Gasteiger partial charge in [0.15, 0.2) is 0 Å². The van der Waals surface area contributed by atoms with E-state index in [1.165, 1.54) is 23.9 Å². The number of hydrogen-bond acceptors (Lipinski definition) is 6. The second kappa shape index (κ2) is 14.7. The summed E-state index contributed by atoms with van der Waals surface area (Å²) in [4.78, 5) is 17.4. The number of halogens is 3. The Labute approximate surface area is 285 Å². The van der Waals surface area contributed by atoms with Gasteiger partial charge < -0.3 is 19.7 Å². The average Bonchev–Trinajstić information content (AvgIpc) is 3.20. The fourth-order valence-corrected chi connectivity index (χ4v) is 5.22. The summed E-state index contributed by atoms with van der Waals surface area (Å²) in [6, 6.07) is 8.23. The number of nitriles is 1. The molecule has 0 atom stereocenters. The maximum atomic E-state index is 14.2. The Morgan fingerprint density at radius 2 is 1.95 bits per heavy atom. The van der Waals surface area contributed by atoms with Crippen LogP contribution in [0, 0.1) is 17.1 Å². The van der Waals surface area contributed by atoms with E-state index in [0.29, 0.717) is 51.6 Å². The largest absolute Gasteiger partial charge is 1.00 e. The SMILES string of the molecule is CC(C)(C)[O-].CC(C)n1cc(N2CCCC(F)(F)C2)c2nc(SCc3ccc(F)c(CC(=O)O)c3)c(C#N)cc21.[K+]. The van der Waals surface area contributed by atoms with Crippen LogP contribution in [0.15, 0.2) is 35.5 Å². The third-order valence-electron chi connectivity index (χ3n) is 5.99. The van der Waals surface area contributed by atoms with Crippen LogP contribution in [0.1, 0.15) is 70.2 Å². The van der Waals surface area contributed by atoms with E-state index in [-0.39, 0.29) is 76.0 Å². The van der Waals surface area contributed by atoms with E-state index in [1.807, 2.05) is 24.6 Å². The Morgan fingerprint density at radius 1 is 1.29 bits per heavy atom. The van der Waals surface area contributed by atoms with E-state index in [2.05, 4.69) is 6.07 Å². The van der Waals surface area contributed by atoms with Gasteiger partial charge in [-0.05, 0) is 43.5 Å². The molecular weight excluding hydrogens is 581 g/mol. The number of anilines is 1. The van der Waals surface area contributed by atoms with Crippen molar-refractivity contribution in [1.82, 2.24) is 9.55 Å². The van der Waals surface area contributed by atoms with Crippen molar-refractivity contribution in [2.75, 3.05) is 18.0 Å². The molecule has 0 spiro atoms. The number of carbonyl (C=O) groups is 1. The number of piperidine rings is 1. The van der Waals surface area contributed by atoms with Crippen LogP contribution in [0.3, 0.4) is 0 Å². The summed E-state index contributed by atoms with van der Waals surface area (Å²) in [5, 5.41) is 29.3. The Hall–Kier alpha value is -1.59. The minimum Gasteiger partial charge on any atom is -0.850 e. The fraction of sp³-hybridized carbons (Fsp3) is 0.483. The number of hydrogen-bond donors (Lipinski definition) is 1. The number of pyridine rings is 1. The second-order valence-corrected chi connectivity index (χ2v) is 12.1. The number of fused-ring (bicyclic) bond motifs is 1. The first kappa shape index (κ1) is 35.6. The van der Waals surface area contributed by atoms with E-state index in [9.17, 15) is 28.3 Å². The zero-order valence-corrected chi connectivity index (χ0v) is 28.2. The zero-order chi connectivity index (χ0) is 29.8. The van der Waals surface area contributed by atoms with Crippen LogP contribution >= 0.6 is 11.8 Å². The molecule has 0 bridgehead atoms. The topological polar surface area (TPSA) is 105 Å². The van der Waals surface area contributed by atoms with Crippen molar-refractivity contribution in [2.24, 2.45) is 0 Å². The van der Waals surface area contributed by atoms with Gasteiger partial charge in [0.2, 0.25) is 0 Å². The van der Waals surface area contributed by atoms with E-state index >= 15 is 0 Å². The minimum atomic E-state index is -2.77. The Balaban J connectivity index is 0.000000902. The summed E-state index contributed by atoms with van der Waals surface area (Å²) < 4.78 is 44.2. The van der Waals surface area contributed by atoms with Gasteiger partial charge in [-0.15, -0.1) is 17.4 Å². The molecule has 1 aliphatic heterocycles. The summed E-state index contributed by atoms with van der Waals surface area (Å²) in [6.07, 6.45) is 1.64. The predicted octanol–water partition coefficient (Wildman–Crippen LogP) is 2.93. The number of nitrogens with zero attached hydrogens (tertiary/aromatic N) is 4. The minimum absolute atomic E-state index is 0. The molecular formula is C29H34F3KN4O3S. The molecule has 1 saturated heterocycles. The van der Waals surface area contributed by atoms with Crippen LogP contribution in [0.2, 0.25) is 0 Å². The van der Waals surface area contributed by atoms with Gasteiger partial charge in [0.05, 0.1) is 29.7 Å². The van der Waals surface area contributed by atoms with Gasteiger partial charge in [0, 0.05) is 31.0 Å². The molecule has 2 aromatic heterocycles. The van der Waals surface area contributed by atoms with Gasteiger partial charge in [-0.1, -0.05) is 32.9 Å². The normalized spacial score (nSPS) is 14.7. The van der Waals surface area contributed by atoms with Crippen LogP contribution < -0.4 is 61.4 Å². The molecule has 4 rings (SSSR count). The van der Waals surface area contributed by atoms with Crippen molar-refractivity contribution in [3.8, 4) is 6.07 Å². The first-order valence-corrected chi connectivity index (χ1v) is 14.0. The molecule has 3 aromatic rings. The van der Waals surface area contributed by atoms with Gasteiger partial charge in [-0.25, -0.2) is 18.2 Å². The van der Waals surface area contributed by atoms with E-state index in [1.54, 1.807) is 37.8 Å². The van der Waals surface area contributed by atoms with Gasteiger partial charge in [-0.3, -0.25) is 4.79 Å². The number of carboxylic acid groups (broad SMARTS) is 1. The molecule has 1 aromatic carbocycles. The number of aliphatic carboxylic acids is 1. The molecule has 1 aliphatic rings. The second-order valence-electron chi connectivity index (χ2n) is 11.1. The van der Waals surface area contributed by atoms with Crippen molar-refractivity contribution >= 4 is 34.5 Å². The molecule has 0 aliphatic carbocycles. The number of aromatic nitrogens is 2. The standard InChI is InChI=1S/C25H25F3N4O2S.C4H9O.K/c1-15(2)32-12-21(31-7-3-6-25(27,28)14-31)23-20(32)9-18(11-29)24(30-23)35-13-16-4-5-19(26)17(8-16)10-22(33)34;1-4(2,3)5;/h4-5,8-9,12,15H,3,6-7,10,13-14H2,1-2H3,(H,33,34);1-3H3;/q;-1;+1. The third-order valence-corrected chi connectivity index (χ3v) is 7.05. The van der Waals surface area contributed by atoms with Crippen LogP contribution in [0.25, 0.3) is 11.0 Å². The monoisotopic (exact) mass is 614 g/mol. The quantitative estimate of drug-likeness (QED) is 0.322. The van der Waals surface area contributed by atoms with Crippen LogP contribution in [-0.4, -0.2) is 45.2 Å². The molecule has 0 saturated carbocycles. The van der Waals surface area contributed by atoms with Crippen LogP contribution in [0.4, 0.5) is 18.9 Å². The van der Waals surface area contributed by atoms with E-state index in [0.717, 1.165) is 0 Å². The Bertz CT molecular complexity index is 1410. The van der Waals surface area contributed by atoms with Gasteiger partial charge in [-0.2, -0.15) is 5.26 Å². The maximum absolute atomic E-state index is 14.2. The number of alkyl halides is 2. The Morgan fingerprint density at radius 3 is 2.51 bits per heavy atom. The molecule has 12 heteroatoms. The average molecular weight is 615 g/mol. The van der Waals surface area contributed by atoms with E-state index < -0.39 is 29.7 Å². The Kier molecular flexibility index (Phi) is 12.8. The van der Waals surface area contributed by atoms with Crippen molar-refractivity contribution in [3.63, 3.8) is 0 Å². The van der Waals surface area contributed by atoms with Crippen LogP contribution in [-0.2, 0) is 17.0 Å². The van der Waals surface area contributed by atoms with Gasteiger partial charge in [0.25, 0.3) is 5.92 Å². The van der Waals surface area contributed by atoms with Gasteiger partial charge in [0.1, 0.15) is 22.4 Å². The van der Waals surface area contributed by atoms with Gasteiger partial charge >= 0.3 is 57.4 Å². The fourth-order valence-electron chi connectivity index (χ4n) is 4.32. The molecule has 1 fully saturated rings. The summed E-state index contributed by atoms with van der Waals surface area (Å²) in [6.45, 7) is 8.97. The molecule has 0 amide bonds. The summed E-state index contributed by atoms with van der Waals surface area (Å²) in [7, 11) is 0. The number of carboxylic acids is 1. The molecule has 3 heterocycles. The van der Waals surface area contributed by atoms with Crippen molar-refractivity contribution in [3.05, 3.63) is 53.0 Å². The summed E-state index contributed by atoms with van der Waals surface area (Å²) in [5.74, 6) is -4.15.